The Hall–Kier alpha value is -2.00. The number of amides is 2. The number of carbonyl (C=O) groups is 2. The minimum atomic E-state index is -4.41. The van der Waals surface area contributed by atoms with E-state index in [-0.39, 0.29) is 22.9 Å². The number of hydrogen-bond acceptors (Lipinski definition) is 6. The highest BCUT2D eigenvalue weighted by atomic mass is 35.5. The van der Waals surface area contributed by atoms with E-state index in [1.807, 2.05) is 0 Å². The fraction of sp³-hybridized carbons (Fsp3) is 0.273. The molecule has 0 atom stereocenters. The summed E-state index contributed by atoms with van der Waals surface area (Å²) < 4.78 is 35.6. The normalized spacial score (nSPS) is 10.6. The minimum Gasteiger partial charge on any atom is -0.496 e. The lowest BCUT2D eigenvalue weighted by molar-refractivity contribution is 0.0978. The van der Waals surface area contributed by atoms with Gasteiger partial charge in [0.1, 0.15) is 5.75 Å². The van der Waals surface area contributed by atoms with Gasteiger partial charge in [-0.1, -0.05) is 11.6 Å². The highest BCUT2D eigenvalue weighted by molar-refractivity contribution is 7.88. The van der Waals surface area contributed by atoms with E-state index < -0.39 is 22.2 Å². The molecule has 0 saturated carbocycles. The molecule has 116 valence electrons. The van der Waals surface area contributed by atoms with Gasteiger partial charge < -0.3 is 9.47 Å². The first-order chi connectivity index (χ1) is 9.79. The highest BCUT2D eigenvalue weighted by Crippen LogP contribution is 2.22. The molecule has 2 N–H and O–H groups in total. The lowest BCUT2D eigenvalue weighted by atomic mass is 10.2. The molecule has 2 amide bonds. The van der Waals surface area contributed by atoms with Crippen molar-refractivity contribution >= 4 is 33.8 Å². The van der Waals surface area contributed by atoms with Crippen LogP contribution in [-0.4, -0.2) is 34.1 Å². The third-order valence-electron chi connectivity index (χ3n) is 2.13. The van der Waals surface area contributed by atoms with E-state index in [4.69, 9.17) is 16.3 Å². The van der Waals surface area contributed by atoms with Crippen LogP contribution in [0.3, 0.4) is 0 Å². The summed E-state index contributed by atoms with van der Waals surface area (Å²) in [5.41, 5.74) is -0.0979. The maximum absolute atomic E-state index is 11.9. The van der Waals surface area contributed by atoms with Crippen molar-refractivity contribution in [2.45, 2.75) is 6.92 Å². The van der Waals surface area contributed by atoms with Gasteiger partial charge in [0.2, 0.25) is 0 Å². The molecule has 0 aromatic heterocycles. The topological polar surface area (TPSA) is 111 Å². The Balaban J connectivity index is 2.90. The summed E-state index contributed by atoms with van der Waals surface area (Å²) in [6.45, 7) is 1.49. The molecule has 0 unspecified atom stereocenters. The van der Waals surface area contributed by atoms with Crippen molar-refractivity contribution in [3.8, 4) is 5.75 Å². The summed E-state index contributed by atoms with van der Waals surface area (Å²) in [6.07, 6.45) is -1.20. The van der Waals surface area contributed by atoms with Crippen molar-refractivity contribution in [3.63, 3.8) is 0 Å². The number of rotatable bonds is 5. The first-order valence-electron chi connectivity index (χ1n) is 5.64. The maximum Gasteiger partial charge on any atom is 0.422 e. The molecule has 0 aliphatic rings. The van der Waals surface area contributed by atoms with Crippen molar-refractivity contribution in [3.05, 3.63) is 28.8 Å². The smallest absolute Gasteiger partial charge is 0.422 e. The quantitative estimate of drug-likeness (QED) is 0.832. The van der Waals surface area contributed by atoms with Crippen molar-refractivity contribution in [1.29, 1.82) is 0 Å². The number of carbonyl (C=O) groups excluding carboxylic acids is 2. The molecule has 0 spiro atoms. The summed E-state index contributed by atoms with van der Waals surface area (Å²) in [5, 5.41) is 0.219. The fourth-order valence-electron chi connectivity index (χ4n) is 1.33. The van der Waals surface area contributed by atoms with Crippen LogP contribution in [0.1, 0.15) is 17.3 Å². The van der Waals surface area contributed by atoms with Crippen LogP contribution in [0, 0.1) is 0 Å². The van der Waals surface area contributed by atoms with Crippen molar-refractivity contribution in [2.75, 3.05) is 13.7 Å². The van der Waals surface area contributed by atoms with Gasteiger partial charge in [0, 0.05) is 5.02 Å². The Morgan fingerprint density at radius 1 is 1.29 bits per heavy atom. The fourth-order valence-corrected chi connectivity index (χ4v) is 2.19. The van der Waals surface area contributed by atoms with E-state index in [0.717, 1.165) is 0 Å². The number of hydrogen-bond donors (Lipinski definition) is 2. The molecule has 21 heavy (non-hydrogen) atoms. The second kappa shape index (κ2) is 7.14. The summed E-state index contributed by atoms with van der Waals surface area (Å²) in [7, 11) is -3.10. The van der Waals surface area contributed by atoms with E-state index in [1.54, 1.807) is 4.72 Å². The molecule has 1 rings (SSSR count). The van der Waals surface area contributed by atoms with Crippen LogP contribution in [0.15, 0.2) is 18.2 Å². The first-order valence-corrected chi connectivity index (χ1v) is 7.50. The van der Waals surface area contributed by atoms with Gasteiger partial charge in [0.05, 0.1) is 19.3 Å². The minimum absolute atomic E-state index is 0.0165. The van der Waals surface area contributed by atoms with Gasteiger partial charge in [0.15, 0.2) is 0 Å². The second-order valence-electron chi connectivity index (χ2n) is 3.60. The SMILES string of the molecule is CCOC(=O)NS(=O)(=O)NC(=O)c1cc(Cl)ccc1OC. The summed E-state index contributed by atoms with van der Waals surface area (Å²) in [6, 6.07) is 4.11. The summed E-state index contributed by atoms with van der Waals surface area (Å²) >= 11 is 5.74. The van der Waals surface area contributed by atoms with Gasteiger partial charge in [-0.3, -0.25) is 4.79 Å². The molecule has 0 fully saturated rings. The molecule has 1 aromatic carbocycles. The van der Waals surface area contributed by atoms with E-state index >= 15 is 0 Å². The molecule has 0 aliphatic heterocycles. The molecule has 10 heteroatoms. The standard InChI is InChI=1S/C11H13ClN2O6S/c1-3-20-11(16)14-21(17,18)13-10(15)8-6-7(12)4-5-9(8)19-2/h4-6H,3H2,1-2H3,(H,13,15)(H,14,16). The predicted octanol–water partition coefficient (Wildman–Crippen LogP) is 1.07. The van der Waals surface area contributed by atoms with Crippen LogP contribution in [-0.2, 0) is 14.9 Å². The monoisotopic (exact) mass is 336 g/mol. The largest absolute Gasteiger partial charge is 0.496 e. The number of benzene rings is 1. The third-order valence-corrected chi connectivity index (χ3v) is 3.25. The zero-order valence-electron chi connectivity index (χ0n) is 11.2. The lowest BCUT2D eigenvalue weighted by Gasteiger charge is -2.10. The lowest BCUT2D eigenvalue weighted by Crippen LogP contribution is -2.43. The Kier molecular flexibility index (Phi) is 5.79. The second-order valence-corrected chi connectivity index (χ2v) is 5.45. The molecule has 0 radical (unpaired) electrons. The molecule has 0 saturated heterocycles. The van der Waals surface area contributed by atoms with E-state index in [9.17, 15) is 18.0 Å². The highest BCUT2D eigenvalue weighted by Gasteiger charge is 2.21. The third kappa shape index (κ3) is 5.12. The maximum atomic E-state index is 11.9. The van der Waals surface area contributed by atoms with Gasteiger partial charge >= 0.3 is 16.3 Å². The van der Waals surface area contributed by atoms with Crippen LogP contribution in [0.4, 0.5) is 4.79 Å². The van der Waals surface area contributed by atoms with Crippen LogP contribution in [0.2, 0.25) is 5.02 Å². The van der Waals surface area contributed by atoms with Crippen LogP contribution < -0.4 is 14.2 Å². The molecule has 0 bridgehead atoms. The first kappa shape index (κ1) is 17.1. The Labute approximate surface area is 126 Å². The average Bonchev–Trinajstić information content (AvgIpc) is 2.37. The van der Waals surface area contributed by atoms with Crippen molar-refractivity contribution < 1.29 is 27.5 Å². The molecule has 8 nitrogen and oxygen atoms in total. The molecule has 0 heterocycles. The zero-order chi connectivity index (χ0) is 16.0. The van der Waals surface area contributed by atoms with Crippen molar-refractivity contribution in [2.24, 2.45) is 0 Å². The van der Waals surface area contributed by atoms with E-state index in [2.05, 4.69) is 4.74 Å². The van der Waals surface area contributed by atoms with E-state index in [1.165, 1.54) is 37.0 Å². The van der Waals surface area contributed by atoms with Gasteiger partial charge in [0.25, 0.3) is 5.91 Å². The van der Waals surface area contributed by atoms with Gasteiger partial charge in [-0.2, -0.15) is 8.42 Å². The summed E-state index contributed by atoms with van der Waals surface area (Å²) in [5.74, 6) is -0.880. The van der Waals surface area contributed by atoms with E-state index in [0.29, 0.717) is 0 Å². The molecule has 0 aliphatic carbocycles. The molecular formula is C11H13ClN2O6S. The average molecular weight is 337 g/mol. The zero-order valence-corrected chi connectivity index (χ0v) is 12.7. The van der Waals surface area contributed by atoms with Gasteiger partial charge in [-0.25, -0.2) is 14.2 Å². The number of halogens is 1. The van der Waals surface area contributed by atoms with Crippen LogP contribution >= 0.6 is 11.6 Å². The molecule has 1 aromatic rings. The number of nitrogens with one attached hydrogen (secondary N) is 2. The van der Waals surface area contributed by atoms with Gasteiger partial charge in [-0.15, -0.1) is 0 Å². The van der Waals surface area contributed by atoms with Crippen LogP contribution in [0.25, 0.3) is 0 Å². The Morgan fingerprint density at radius 2 is 1.95 bits per heavy atom. The summed E-state index contributed by atoms with van der Waals surface area (Å²) in [4.78, 5) is 23.0. The van der Waals surface area contributed by atoms with Gasteiger partial charge in [-0.05, 0) is 25.1 Å². The Bertz CT molecular complexity index is 646. The van der Waals surface area contributed by atoms with Crippen LogP contribution in [0.5, 0.6) is 5.75 Å². The predicted molar refractivity (Wildman–Crippen MR) is 74.5 cm³/mol. The Morgan fingerprint density at radius 3 is 2.52 bits per heavy atom. The van der Waals surface area contributed by atoms with Crippen molar-refractivity contribution in [1.82, 2.24) is 9.44 Å². The number of methoxy groups -OCH3 is 1. The number of ether oxygens (including phenoxy) is 2. The molecular weight excluding hydrogens is 324 g/mol.